The summed E-state index contributed by atoms with van der Waals surface area (Å²) in [7, 11) is 0. The van der Waals surface area contributed by atoms with Gasteiger partial charge in [0.2, 0.25) is 0 Å². The van der Waals surface area contributed by atoms with Crippen molar-refractivity contribution in [1.82, 2.24) is 19.6 Å². The quantitative estimate of drug-likeness (QED) is 0.766. The molecule has 0 aromatic heterocycles. The fraction of sp³-hybridized carbons (Fsp3) is 0.538. The zero-order valence-corrected chi connectivity index (χ0v) is 19.2. The van der Waals surface area contributed by atoms with E-state index in [0.29, 0.717) is 11.5 Å². The van der Waals surface area contributed by atoms with Crippen LogP contribution in [0.5, 0.6) is 11.5 Å². The van der Waals surface area contributed by atoms with Crippen LogP contribution in [0.4, 0.5) is 0 Å². The molecule has 2 N–H and O–H groups in total. The third kappa shape index (κ3) is 6.69. The molecule has 0 saturated carbocycles. The number of para-hydroxylation sites is 2. The van der Waals surface area contributed by atoms with Crippen LogP contribution < -0.4 is 0 Å². The van der Waals surface area contributed by atoms with Crippen LogP contribution in [-0.2, 0) is 13.1 Å². The Balaban J connectivity index is 1.38. The van der Waals surface area contributed by atoms with Crippen LogP contribution in [0.1, 0.15) is 24.0 Å². The van der Waals surface area contributed by atoms with Gasteiger partial charge in [0.05, 0.1) is 0 Å². The molecule has 2 unspecified atom stereocenters. The van der Waals surface area contributed by atoms with Crippen molar-refractivity contribution >= 4 is 0 Å². The smallest absolute Gasteiger partial charge is 0.120 e. The maximum absolute atomic E-state index is 10.2. The molecule has 2 aromatic rings. The minimum absolute atomic E-state index is 0.405. The Bertz CT molecular complexity index is 777. The SMILES string of the molecule is Oc1ccccc1CN1CCCN2CCN(CCCN(Cc3ccccc3O)CC2)CC1. The molecule has 2 saturated heterocycles. The van der Waals surface area contributed by atoms with Crippen LogP contribution in [0.3, 0.4) is 0 Å². The molecule has 6 nitrogen and oxygen atoms in total. The van der Waals surface area contributed by atoms with E-state index in [1.165, 1.54) is 0 Å². The highest BCUT2D eigenvalue weighted by Gasteiger charge is 2.19. The van der Waals surface area contributed by atoms with Crippen molar-refractivity contribution in [2.45, 2.75) is 25.9 Å². The van der Waals surface area contributed by atoms with E-state index in [0.717, 1.165) is 103 Å². The molecule has 174 valence electrons. The topological polar surface area (TPSA) is 53.4 Å². The summed E-state index contributed by atoms with van der Waals surface area (Å²) in [6.45, 7) is 12.4. The van der Waals surface area contributed by atoms with Gasteiger partial charge in [-0.2, -0.15) is 0 Å². The van der Waals surface area contributed by atoms with Gasteiger partial charge in [0, 0.05) is 63.5 Å². The normalized spacial score (nSPS) is 24.2. The van der Waals surface area contributed by atoms with Gasteiger partial charge in [-0.1, -0.05) is 36.4 Å². The van der Waals surface area contributed by atoms with Crippen molar-refractivity contribution in [1.29, 1.82) is 0 Å². The van der Waals surface area contributed by atoms with Crippen molar-refractivity contribution in [2.24, 2.45) is 0 Å². The molecule has 0 aliphatic carbocycles. The first kappa shape index (κ1) is 23.1. The summed E-state index contributed by atoms with van der Waals surface area (Å²) in [4.78, 5) is 10.2. The number of hydrogen-bond donors (Lipinski definition) is 2. The highest BCUT2D eigenvalue weighted by Crippen LogP contribution is 2.20. The minimum Gasteiger partial charge on any atom is -0.508 e. The number of nitrogens with zero attached hydrogens (tertiary/aromatic N) is 4. The second-order valence-corrected chi connectivity index (χ2v) is 9.20. The number of hydrogen-bond acceptors (Lipinski definition) is 6. The lowest BCUT2D eigenvalue weighted by molar-refractivity contribution is 0.116. The second kappa shape index (κ2) is 11.7. The number of benzene rings is 2. The summed E-state index contributed by atoms with van der Waals surface area (Å²) in [6.07, 6.45) is 2.29. The number of phenols is 2. The molecule has 32 heavy (non-hydrogen) atoms. The van der Waals surface area contributed by atoms with Crippen molar-refractivity contribution in [3.8, 4) is 11.5 Å². The molecule has 0 spiro atoms. The highest BCUT2D eigenvalue weighted by atomic mass is 16.3. The summed E-state index contributed by atoms with van der Waals surface area (Å²) in [5.74, 6) is 0.809. The van der Waals surface area contributed by atoms with Crippen LogP contribution in [0.15, 0.2) is 48.5 Å². The maximum atomic E-state index is 10.2. The van der Waals surface area contributed by atoms with Crippen LogP contribution >= 0.6 is 0 Å². The van der Waals surface area contributed by atoms with Crippen LogP contribution in [0.25, 0.3) is 0 Å². The predicted octanol–water partition coefficient (Wildman–Crippen LogP) is 2.81. The summed E-state index contributed by atoms with van der Waals surface area (Å²) >= 11 is 0. The molecule has 2 heterocycles. The van der Waals surface area contributed by atoms with E-state index in [2.05, 4.69) is 19.6 Å². The molecular weight excluding hydrogens is 400 g/mol. The first-order valence-electron chi connectivity index (χ1n) is 12.1. The lowest BCUT2D eigenvalue weighted by Crippen LogP contribution is -2.46. The van der Waals surface area contributed by atoms with Crippen molar-refractivity contribution in [2.75, 3.05) is 65.4 Å². The Hall–Kier alpha value is -2.12. The van der Waals surface area contributed by atoms with E-state index >= 15 is 0 Å². The molecule has 6 heteroatoms. The fourth-order valence-electron chi connectivity index (χ4n) is 4.87. The van der Waals surface area contributed by atoms with E-state index in [-0.39, 0.29) is 0 Å². The summed E-state index contributed by atoms with van der Waals surface area (Å²) < 4.78 is 0. The van der Waals surface area contributed by atoms with Gasteiger partial charge in [-0.3, -0.25) is 9.80 Å². The molecule has 2 aliphatic rings. The molecule has 2 aliphatic heterocycles. The van der Waals surface area contributed by atoms with Gasteiger partial charge >= 0.3 is 0 Å². The predicted molar refractivity (Wildman–Crippen MR) is 129 cm³/mol. The molecule has 2 fully saturated rings. The Morgan fingerprint density at radius 3 is 1.34 bits per heavy atom. The van der Waals surface area contributed by atoms with E-state index in [1.54, 1.807) is 12.1 Å². The van der Waals surface area contributed by atoms with E-state index in [9.17, 15) is 10.2 Å². The zero-order valence-electron chi connectivity index (χ0n) is 19.2. The molecule has 2 bridgehead atoms. The summed E-state index contributed by atoms with van der Waals surface area (Å²) in [5.41, 5.74) is 2.04. The molecule has 0 radical (unpaired) electrons. The van der Waals surface area contributed by atoms with Crippen LogP contribution in [0, 0.1) is 0 Å². The van der Waals surface area contributed by atoms with E-state index in [1.807, 2.05) is 36.4 Å². The summed E-state index contributed by atoms with van der Waals surface area (Å²) in [5, 5.41) is 20.4. The van der Waals surface area contributed by atoms with Gasteiger partial charge < -0.3 is 20.0 Å². The number of phenolic OH excluding ortho intramolecular Hbond substituents is 2. The van der Waals surface area contributed by atoms with Gasteiger partial charge in [0.15, 0.2) is 0 Å². The number of fused-ring (bicyclic) bond motifs is 3. The second-order valence-electron chi connectivity index (χ2n) is 9.20. The van der Waals surface area contributed by atoms with Crippen molar-refractivity contribution < 1.29 is 10.2 Å². The van der Waals surface area contributed by atoms with E-state index < -0.39 is 0 Å². The fourth-order valence-corrected chi connectivity index (χ4v) is 4.87. The lowest BCUT2D eigenvalue weighted by Gasteiger charge is -2.36. The summed E-state index contributed by atoms with van der Waals surface area (Å²) in [6, 6.07) is 15.5. The average Bonchev–Trinajstić information content (AvgIpc) is 2.80. The van der Waals surface area contributed by atoms with Crippen molar-refractivity contribution in [3.63, 3.8) is 0 Å². The molecule has 4 rings (SSSR count). The Morgan fingerprint density at radius 2 is 0.906 bits per heavy atom. The third-order valence-electron chi connectivity index (χ3n) is 6.87. The Morgan fingerprint density at radius 1 is 0.500 bits per heavy atom. The standard InChI is InChI=1S/C26H38N4O2/c31-25-9-3-1-7-23(25)21-29-13-5-11-28-16-15-27(17-19-29)12-6-14-30(20-18-28)22-24-8-2-4-10-26(24)32/h1-4,7-10,31-32H,5-6,11-22H2. The first-order valence-corrected chi connectivity index (χ1v) is 12.1. The molecular formula is C26H38N4O2. The van der Waals surface area contributed by atoms with Gasteiger partial charge in [0.25, 0.3) is 0 Å². The zero-order chi connectivity index (χ0) is 22.2. The molecule has 0 amide bonds. The monoisotopic (exact) mass is 438 g/mol. The Labute approximate surface area is 192 Å². The van der Waals surface area contributed by atoms with Crippen LogP contribution in [0.2, 0.25) is 0 Å². The average molecular weight is 439 g/mol. The minimum atomic E-state index is 0.405. The van der Waals surface area contributed by atoms with Gasteiger partial charge in [-0.05, 0) is 51.2 Å². The van der Waals surface area contributed by atoms with Crippen LogP contribution in [-0.4, -0.2) is 95.3 Å². The van der Waals surface area contributed by atoms with Gasteiger partial charge in [-0.25, -0.2) is 0 Å². The highest BCUT2D eigenvalue weighted by molar-refractivity contribution is 5.32. The number of aromatic hydroxyl groups is 2. The van der Waals surface area contributed by atoms with Gasteiger partial charge in [0.1, 0.15) is 11.5 Å². The van der Waals surface area contributed by atoms with Crippen molar-refractivity contribution in [3.05, 3.63) is 59.7 Å². The maximum Gasteiger partial charge on any atom is 0.120 e. The molecule has 2 aromatic carbocycles. The lowest BCUT2D eigenvalue weighted by atomic mass is 10.1. The Kier molecular flexibility index (Phi) is 8.40. The largest absolute Gasteiger partial charge is 0.508 e. The third-order valence-corrected chi connectivity index (χ3v) is 6.87. The van der Waals surface area contributed by atoms with Gasteiger partial charge in [-0.15, -0.1) is 0 Å². The van der Waals surface area contributed by atoms with E-state index in [4.69, 9.17) is 0 Å². The molecule has 2 atom stereocenters. The first-order chi connectivity index (χ1) is 15.7. The number of rotatable bonds is 4.